The number of likely N-dealkylation sites (tertiary alicyclic amines) is 1. The van der Waals surface area contributed by atoms with Crippen LogP contribution in [0.15, 0.2) is 0 Å². The number of hydrogen-bond acceptors (Lipinski definition) is 3. The van der Waals surface area contributed by atoms with Gasteiger partial charge in [0.2, 0.25) is 5.91 Å². The Kier molecular flexibility index (Phi) is 3.99. The first-order valence-electron chi connectivity index (χ1n) is 6.41. The summed E-state index contributed by atoms with van der Waals surface area (Å²) in [5.74, 6) is -0.211. The minimum Gasteiger partial charge on any atom is -0.480 e. The normalized spacial score (nSPS) is 24.7. The van der Waals surface area contributed by atoms with Crippen LogP contribution in [-0.2, 0) is 9.59 Å². The van der Waals surface area contributed by atoms with E-state index in [-0.39, 0.29) is 12.5 Å². The number of amides is 1. The molecule has 0 radical (unpaired) electrons. The van der Waals surface area contributed by atoms with Crippen LogP contribution in [0.4, 0.5) is 0 Å². The van der Waals surface area contributed by atoms with Crippen molar-refractivity contribution in [2.24, 2.45) is 5.92 Å². The topological polar surface area (TPSA) is 69.6 Å². The lowest BCUT2D eigenvalue weighted by Crippen LogP contribution is -2.50. The quantitative estimate of drug-likeness (QED) is 0.732. The molecule has 5 nitrogen and oxygen atoms in total. The molecule has 17 heavy (non-hydrogen) atoms. The molecule has 1 unspecified atom stereocenters. The summed E-state index contributed by atoms with van der Waals surface area (Å²) in [4.78, 5) is 24.5. The molecule has 2 N–H and O–H groups in total. The summed E-state index contributed by atoms with van der Waals surface area (Å²) in [5, 5.41) is 12.2. The molecule has 1 aliphatic heterocycles. The van der Waals surface area contributed by atoms with Crippen molar-refractivity contribution in [1.82, 2.24) is 10.2 Å². The Balaban J connectivity index is 1.79. The second-order valence-corrected chi connectivity index (χ2v) is 5.01. The van der Waals surface area contributed by atoms with E-state index in [2.05, 4.69) is 5.32 Å². The highest BCUT2D eigenvalue weighted by Crippen LogP contribution is 2.27. The molecule has 2 aliphatic rings. The molecule has 5 heteroatoms. The molecule has 0 aromatic rings. The molecule has 0 aromatic carbocycles. The molecule has 96 valence electrons. The second kappa shape index (κ2) is 5.49. The molecule has 0 spiro atoms. The van der Waals surface area contributed by atoms with Gasteiger partial charge in [0, 0.05) is 6.54 Å². The maximum Gasteiger partial charge on any atom is 0.326 e. The molecule has 1 aliphatic carbocycles. The van der Waals surface area contributed by atoms with Gasteiger partial charge in [-0.2, -0.15) is 0 Å². The van der Waals surface area contributed by atoms with Crippen molar-refractivity contribution in [3.05, 3.63) is 0 Å². The van der Waals surface area contributed by atoms with Crippen LogP contribution < -0.4 is 5.32 Å². The lowest BCUT2D eigenvalue weighted by molar-refractivity contribution is -0.151. The molecule has 0 bridgehead atoms. The number of carboxylic acid groups (broad SMARTS) is 1. The van der Waals surface area contributed by atoms with Gasteiger partial charge in [0.1, 0.15) is 6.04 Å². The summed E-state index contributed by atoms with van der Waals surface area (Å²) in [6.45, 7) is 1.75. The zero-order valence-electron chi connectivity index (χ0n) is 10.0. The Hall–Kier alpha value is -1.10. The summed E-state index contributed by atoms with van der Waals surface area (Å²) in [5.41, 5.74) is 0. The monoisotopic (exact) mass is 240 g/mol. The Morgan fingerprint density at radius 3 is 2.65 bits per heavy atom. The van der Waals surface area contributed by atoms with Gasteiger partial charge in [0.15, 0.2) is 0 Å². The van der Waals surface area contributed by atoms with Crippen LogP contribution in [0.3, 0.4) is 0 Å². The standard InChI is InChI=1S/C12H20N2O3/c15-11(8-13-7-9-4-5-9)14-6-2-1-3-10(14)12(16)17/h9-10,13H,1-8H2,(H,16,17). The van der Waals surface area contributed by atoms with Gasteiger partial charge in [-0.1, -0.05) is 0 Å². The molecular weight excluding hydrogens is 220 g/mol. The molecule has 1 atom stereocenters. The van der Waals surface area contributed by atoms with Crippen LogP contribution in [-0.4, -0.2) is 47.6 Å². The number of aliphatic carboxylic acids is 1. The van der Waals surface area contributed by atoms with Crippen molar-refractivity contribution in [2.45, 2.75) is 38.1 Å². The molecular formula is C12H20N2O3. The summed E-state index contributed by atoms with van der Waals surface area (Å²) in [7, 11) is 0. The highest BCUT2D eigenvalue weighted by atomic mass is 16.4. The predicted molar refractivity (Wildman–Crippen MR) is 62.6 cm³/mol. The molecule has 1 heterocycles. The first-order chi connectivity index (χ1) is 8.18. The Morgan fingerprint density at radius 1 is 1.24 bits per heavy atom. The average Bonchev–Trinajstić information content (AvgIpc) is 3.13. The lowest BCUT2D eigenvalue weighted by atomic mass is 10.0. The average molecular weight is 240 g/mol. The molecule has 1 saturated heterocycles. The summed E-state index contributed by atoms with van der Waals surface area (Å²) in [6.07, 6.45) is 4.91. The second-order valence-electron chi connectivity index (χ2n) is 5.01. The molecule has 2 rings (SSSR count). The van der Waals surface area contributed by atoms with Crippen LogP contribution in [0.25, 0.3) is 0 Å². The number of hydrogen-bond donors (Lipinski definition) is 2. The van der Waals surface area contributed by atoms with E-state index in [1.165, 1.54) is 17.7 Å². The highest BCUT2D eigenvalue weighted by Gasteiger charge is 2.31. The van der Waals surface area contributed by atoms with Gasteiger partial charge in [-0.15, -0.1) is 0 Å². The van der Waals surface area contributed by atoms with E-state index in [0.29, 0.717) is 13.0 Å². The van der Waals surface area contributed by atoms with Crippen LogP contribution in [0, 0.1) is 5.92 Å². The van der Waals surface area contributed by atoms with Gasteiger partial charge < -0.3 is 15.3 Å². The number of piperidine rings is 1. The maximum absolute atomic E-state index is 11.9. The number of rotatable bonds is 5. The third-order valence-corrected chi connectivity index (χ3v) is 3.51. The van der Waals surface area contributed by atoms with Crippen molar-refractivity contribution >= 4 is 11.9 Å². The minimum atomic E-state index is -0.875. The fourth-order valence-corrected chi connectivity index (χ4v) is 2.29. The Labute approximate surface area is 101 Å². The van der Waals surface area contributed by atoms with Crippen molar-refractivity contribution < 1.29 is 14.7 Å². The van der Waals surface area contributed by atoms with Crippen molar-refractivity contribution in [2.75, 3.05) is 19.6 Å². The van der Waals surface area contributed by atoms with Gasteiger partial charge in [0.05, 0.1) is 6.54 Å². The number of carboxylic acids is 1. The molecule has 0 aromatic heterocycles. The van der Waals surface area contributed by atoms with E-state index in [9.17, 15) is 9.59 Å². The first-order valence-corrected chi connectivity index (χ1v) is 6.41. The van der Waals surface area contributed by atoms with Crippen molar-refractivity contribution in [3.63, 3.8) is 0 Å². The zero-order chi connectivity index (χ0) is 12.3. The summed E-state index contributed by atoms with van der Waals surface area (Å²) < 4.78 is 0. The SMILES string of the molecule is O=C(O)C1CCCCN1C(=O)CNCC1CC1. The van der Waals surface area contributed by atoms with Crippen molar-refractivity contribution in [1.29, 1.82) is 0 Å². The minimum absolute atomic E-state index is 0.0715. The van der Waals surface area contributed by atoms with Gasteiger partial charge in [0.25, 0.3) is 0 Å². The summed E-state index contributed by atoms with van der Waals surface area (Å²) in [6, 6.07) is -0.612. The fraction of sp³-hybridized carbons (Fsp3) is 0.833. The third kappa shape index (κ3) is 3.43. The number of nitrogens with one attached hydrogen (secondary N) is 1. The Morgan fingerprint density at radius 2 is 2.00 bits per heavy atom. The van der Waals surface area contributed by atoms with Crippen LogP contribution >= 0.6 is 0 Å². The number of carbonyl (C=O) groups excluding carboxylic acids is 1. The Bertz CT molecular complexity index is 302. The van der Waals surface area contributed by atoms with E-state index >= 15 is 0 Å². The number of nitrogens with zero attached hydrogens (tertiary/aromatic N) is 1. The summed E-state index contributed by atoms with van der Waals surface area (Å²) >= 11 is 0. The third-order valence-electron chi connectivity index (χ3n) is 3.51. The van der Waals surface area contributed by atoms with Gasteiger partial charge in [-0.3, -0.25) is 4.79 Å². The smallest absolute Gasteiger partial charge is 0.326 e. The van der Waals surface area contributed by atoms with E-state index < -0.39 is 12.0 Å². The molecule has 1 saturated carbocycles. The number of carbonyl (C=O) groups is 2. The fourth-order valence-electron chi connectivity index (χ4n) is 2.29. The van der Waals surface area contributed by atoms with Crippen LogP contribution in [0.1, 0.15) is 32.1 Å². The largest absolute Gasteiger partial charge is 0.480 e. The first kappa shape index (κ1) is 12.4. The maximum atomic E-state index is 11.9. The van der Waals surface area contributed by atoms with E-state index in [4.69, 9.17) is 5.11 Å². The van der Waals surface area contributed by atoms with E-state index in [1.807, 2.05) is 0 Å². The lowest BCUT2D eigenvalue weighted by Gasteiger charge is -2.33. The van der Waals surface area contributed by atoms with E-state index in [0.717, 1.165) is 25.3 Å². The molecule has 2 fully saturated rings. The van der Waals surface area contributed by atoms with Gasteiger partial charge in [-0.25, -0.2) is 4.79 Å². The van der Waals surface area contributed by atoms with Crippen LogP contribution in [0.5, 0.6) is 0 Å². The van der Waals surface area contributed by atoms with Gasteiger partial charge >= 0.3 is 5.97 Å². The van der Waals surface area contributed by atoms with Gasteiger partial charge in [-0.05, 0) is 44.6 Å². The van der Waals surface area contributed by atoms with E-state index in [1.54, 1.807) is 0 Å². The van der Waals surface area contributed by atoms with Crippen LogP contribution in [0.2, 0.25) is 0 Å². The molecule has 1 amide bonds. The predicted octanol–water partition coefficient (Wildman–Crippen LogP) is 0.452. The highest BCUT2D eigenvalue weighted by molar-refractivity contribution is 5.85. The zero-order valence-corrected chi connectivity index (χ0v) is 10.0. The van der Waals surface area contributed by atoms with Crippen molar-refractivity contribution in [3.8, 4) is 0 Å².